The van der Waals surface area contributed by atoms with Crippen LogP contribution in [0.4, 0.5) is 0 Å². The SMILES string of the molecule is O=P(O)(O)OP(=O)(O)OP(=O)(O)OP(=O)(O)OP(=O)(O)O.[NaH].[NaH]. The molecule has 0 aromatic carbocycles. The number of hydrogen-bond donors (Lipinski definition) is 7. The zero-order valence-corrected chi connectivity index (χ0v) is 13.5. The van der Waals surface area contributed by atoms with Gasteiger partial charge in [0.05, 0.1) is 0 Å². The molecular weight excluding hydrogens is 457 g/mol. The fourth-order valence-corrected chi connectivity index (χ4v) is 5.97. The Morgan fingerprint density at radius 3 is 0.783 bits per heavy atom. The molecule has 0 saturated carbocycles. The van der Waals surface area contributed by atoms with Crippen molar-refractivity contribution in [2.45, 2.75) is 0 Å². The van der Waals surface area contributed by atoms with Gasteiger partial charge in [-0.05, 0) is 0 Å². The maximum atomic E-state index is 11.0. The van der Waals surface area contributed by atoms with Crippen LogP contribution < -0.4 is 0 Å². The van der Waals surface area contributed by atoms with Crippen LogP contribution in [0.25, 0.3) is 0 Å². The minimum absolute atomic E-state index is 0. The van der Waals surface area contributed by atoms with E-state index in [4.69, 9.17) is 34.3 Å². The second-order valence-corrected chi connectivity index (χ2v) is 10.1. The first-order valence-corrected chi connectivity index (χ1v) is 11.3. The summed E-state index contributed by atoms with van der Waals surface area (Å²) < 4.78 is 65.6. The van der Waals surface area contributed by atoms with E-state index in [1.165, 1.54) is 0 Å². The van der Waals surface area contributed by atoms with Crippen molar-refractivity contribution < 1.29 is 74.3 Å². The third-order valence-electron chi connectivity index (χ3n) is 0.832. The molecule has 0 rings (SSSR count). The first-order valence-electron chi connectivity index (χ1n) is 3.77. The summed E-state index contributed by atoms with van der Waals surface area (Å²) in [6.07, 6.45) is 0. The summed E-state index contributed by atoms with van der Waals surface area (Å²) in [5.74, 6) is 0. The third-order valence-corrected chi connectivity index (χ3v) is 7.49. The summed E-state index contributed by atoms with van der Waals surface area (Å²) in [5, 5.41) is 0. The first-order chi connectivity index (χ1) is 8.83. The molecular formula is H9Na2O16P5. The molecule has 0 amide bonds. The molecule has 132 valence electrons. The maximum absolute atomic E-state index is 11.0. The fourth-order valence-electron chi connectivity index (χ4n) is 0.574. The number of rotatable bonds is 8. The Kier molecular flexibility index (Phi) is 13.6. The van der Waals surface area contributed by atoms with Crippen LogP contribution >= 0.6 is 39.1 Å². The number of hydrogen-bond acceptors (Lipinski definition) is 9. The van der Waals surface area contributed by atoms with Crippen LogP contribution in [0.3, 0.4) is 0 Å². The van der Waals surface area contributed by atoms with E-state index < -0.39 is 39.1 Å². The Morgan fingerprint density at radius 1 is 0.435 bits per heavy atom. The number of phosphoric acid groups is 5. The monoisotopic (exact) mass is 466 g/mol. The molecule has 7 N–H and O–H groups in total. The Balaban J connectivity index is -0.00000200. The van der Waals surface area contributed by atoms with Crippen molar-refractivity contribution in [2.75, 3.05) is 0 Å². The molecule has 0 aliphatic heterocycles. The Labute approximate surface area is 171 Å². The van der Waals surface area contributed by atoms with Crippen LogP contribution in [0.1, 0.15) is 0 Å². The molecule has 0 radical (unpaired) electrons. The Morgan fingerprint density at radius 2 is 0.609 bits per heavy atom. The van der Waals surface area contributed by atoms with Gasteiger partial charge in [-0.25, -0.2) is 22.8 Å². The van der Waals surface area contributed by atoms with Crippen molar-refractivity contribution in [2.24, 2.45) is 0 Å². The van der Waals surface area contributed by atoms with E-state index in [-0.39, 0.29) is 59.1 Å². The molecule has 0 aliphatic carbocycles. The van der Waals surface area contributed by atoms with Crippen molar-refractivity contribution in [1.82, 2.24) is 0 Å². The summed E-state index contributed by atoms with van der Waals surface area (Å²) in [6, 6.07) is 0. The molecule has 2 atom stereocenters. The standard InChI is InChI=1S/2Na.H7O16P5.2H/c;;1-17(2,3)13-19(7,8)15-21(11,12)16-20(9,10)14-18(4,5)6;;/h;;(H,7,8)(H,9,10)(H,11,12)(H2,1,2,3)(H2,4,5,6);;. The van der Waals surface area contributed by atoms with Crippen LogP contribution in [0.15, 0.2) is 0 Å². The Hall–Kier alpha value is 2.71. The molecule has 2 unspecified atom stereocenters. The summed E-state index contributed by atoms with van der Waals surface area (Å²) in [5.41, 5.74) is 0. The van der Waals surface area contributed by atoms with E-state index in [1.54, 1.807) is 0 Å². The van der Waals surface area contributed by atoms with Crippen LogP contribution in [-0.2, 0) is 40.1 Å². The molecule has 23 heavy (non-hydrogen) atoms. The molecule has 0 fully saturated rings. The van der Waals surface area contributed by atoms with Crippen molar-refractivity contribution in [3.63, 3.8) is 0 Å². The average Bonchev–Trinajstić information content (AvgIpc) is 1.83. The minimum atomic E-state index is -6.07. The fraction of sp³-hybridized carbons (Fsp3) is 0. The van der Waals surface area contributed by atoms with Gasteiger partial charge in [0, 0.05) is 0 Å². The van der Waals surface area contributed by atoms with Crippen LogP contribution in [0.5, 0.6) is 0 Å². The molecule has 23 heteroatoms. The Bertz CT molecular complexity index is 556. The summed E-state index contributed by atoms with van der Waals surface area (Å²) in [4.78, 5) is 58.7. The van der Waals surface area contributed by atoms with E-state index in [0.29, 0.717) is 0 Å². The molecule has 0 heterocycles. The van der Waals surface area contributed by atoms with Crippen LogP contribution in [0.2, 0.25) is 0 Å². The van der Waals surface area contributed by atoms with Crippen molar-refractivity contribution in [3.05, 3.63) is 0 Å². The molecule has 0 bridgehead atoms. The predicted molar refractivity (Wildman–Crippen MR) is 72.2 cm³/mol. The van der Waals surface area contributed by atoms with Gasteiger partial charge >= 0.3 is 98.2 Å². The molecule has 16 nitrogen and oxygen atoms in total. The van der Waals surface area contributed by atoms with E-state index >= 15 is 0 Å². The van der Waals surface area contributed by atoms with E-state index in [2.05, 4.69) is 17.2 Å². The summed E-state index contributed by atoms with van der Waals surface area (Å²) in [6.45, 7) is 0. The zero-order chi connectivity index (χ0) is 17.3. The second-order valence-electron chi connectivity index (χ2n) is 2.71. The van der Waals surface area contributed by atoms with Gasteiger partial charge in [-0.3, -0.25) is 0 Å². The molecule has 0 aromatic rings. The van der Waals surface area contributed by atoms with Crippen molar-refractivity contribution >= 4 is 98.2 Å². The van der Waals surface area contributed by atoms with Crippen LogP contribution in [-0.4, -0.2) is 93.4 Å². The molecule has 0 saturated heterocycles. The van der Waals surface area contributed by atoms with Gasteiger partial charge in [-0.15, -0.1) is 0 Å². The van der Waals surface area contributed by atoms with E-state index in [9.17, 15) is 22.8 Å². The summed E-state index contributed by atoms with van der Waals surface area (Å²) >= 11 is 0. The topological polar surface area (TPSA) is 264 Å². The predicted octanol–water partition coefficient (Wildman–Crippen LogP) is -1.76. The summed E-state index contributed by atoms with van der Waals surface area (Å²) in [7, 11) is -29.3. The van der Waals surface area contributed by atoms with Gasteiger partial charge in [0.2, 0.25) is 0 Å². The van der Waals surface area contributed by atoms with Gasteiger partial charge in [0.15, 0.2) is 0 Å². The van der Waals surface area contributed by atoms with Crippen molar-refractivity contribution in [1.29, 1.82) is 0 Å². The van der Waals surface area contributed by atoms with Gasteiger partial charge in [0.25, 0.3) is 0 Å². The van der Waals surface area contributed by atoms with E-state index in [0.717, 1.165) is 0 Å². The first kappa shape index (κ1) is 30.4. The third kappa shape index (κ3) is 17.9. The van der Waals surface area contributed by atoms with Gasteiger partial charge in [0.1, 0.15) is 0 Å². The molecule has 0 aromatic heterocycles. The van der Waals surface area contributed by atoms with Gasteiger partial charge in [-0.2, -0.15) is 17.2 Å². The van der Waals surface area contributed by atoms with E-state index in [1.807, 2.05) is 0 Å². The molecule has 0 spiro atoms. The molecule has 0 aliphatic rings. The van der Waals surface area contributed by atoms with Gasteiger partial charge in [-0.1, -0.05) is 0 Å². The quantitative estimate of drug-likeness (QED) is 0.154. The van der Waals surface area contributed by atoms with Gasteiger partial charge < -0.3 is 34.3 Å². The van der Waals surface area contributed by atoms with Crippen molar-refractivity contribution in [3.8, 4) is 0 Å². The normalized spacial score (nSPS) is 20.1. The van der Waals surface area contributed by atoms with Crippen LogP contribution in [0, 0.1) is 0 Å². The zero-order valence-electron chi connectivity index (χ0n) is 9.04. The second kappa shape index (κ2) is 10.3. The average molecular weight is 466 g/mol.